The first kappa shape index (κ1) is 24.5. The molecule has 2 nitrogen and oxygen atoms in total. The normalized spacial score (nSPS) is 47.1. The summed E-state index contributed by atoms with van der Waals surface area (Å²) in [5.74, 6) is 2.78. The van der Waals surface area contributed by atoms with Gasteiger partial charge in [0.15, 0.2) is 0 Å². The molecule has 2 heteroatoms. The monoisotopic (exact) mass is 442 g/mol. The van der Waals surface area contributed by atoms with Crippen LogP contribution >= 0.6 is 0 Å². The highest BCUT2D eigenvalue weighted by Crippen LogP contribution is 2.75. The number of hydrogen-bond acceptors (Lipinski definition) is 2. The Labute approximate surface area is 198 Å². The Balaban J connectivity index is 1.62. The van der Waals surface area contributed by atoms with Crippen LogP contribution in [0.4, 0.5) is 0 Å². The molecule has 0 bridgehead atoms. The van der Waals surface area contributed by atoms with E-state index in [1.807, 2.05) is 0 Å². The van der Waals surface area contributed by atoms with Gasteiger partial charge in [-0.3, -0.25) is 4.79 Å². The van der Waals surface area contributed by atoms with Crippen LogP contribution in [-0.2, 0) is 4.79 Å². The highest BCUT2D eigenvalue weighted by atomic mass is 16.3. The molecule has 4 saturated carbocycles. The molecule has 1 N–H and O–H groups in total. The smallest absolute Gasteiger partial charge is 0.138 e. The number of allylic oxidation sites excluding steroid dienone is 2. The summed E-state index contributed by atoms with van der Waals surface area (Å²) in [6.45, 7) is 18.7. The number of hydrogen-bond donors (Lipinski definition) is 1. The molecule has 4 fully saturated rings. The first-order valence-corrected chi connectivity index (χ1v) is 13.6. The van der Waals surface area contributed by atoms with Crippen molar-refractivity contribution in [2.75, 3.05) is 0 Å². The average molecular weight is 443 g/mol. The van der Waals surface area contributed by atoms with Gasteiger partial charge < -0.3 is 5.11 Å². The molecule has 0 amide bonds. The quantitative estimate of drug-likeness (QED) is 0.452. The second-order valence-corrected chi connectivity index (χ2v) is 14.1. The predicted octanol–water partition coefficient (Wildman–Crippen LogP) is 7.74. The van der Waals surface area contributed by atoms with Crippen LogP contribution in [0.3, 0.4) is 0 Å². The summed E-state index contributed by atoms with van der Waals surface area (Å²) in [5, 5.41) is 11.6. The minimum absolute atomic E-state index is 0.168. The van der Waals surface area contributed by atoms with Crippen molar-refractivity contribution < 1.29 is 9.90 Å². The molecule has 1 unspecified atom stereocenters. The Morgan fingerprint density at radius 2 is 1.62 bits per heavy atom. The van der Waals surface area contributed by atoms with E-state index in [1.54, 1.807) is 0 Å². The Morgan fingerprint density at radius 1 is 0.969 bits per heavy atom. The maximum absolute atomic E-state index is 12.8. The number of fused-ring (bicyclic) bond motifs is 5. The fourth-order valence-electron chi connectivity index (χ4n) is 10.1. The minimum atomic E-state index is -0.572. The van der Waals surface area contributed by atoms with Crippen molar-refractivity contribution in [3.05, 3.63) is 11.6 Å². The molecule has 182 valence electrons. The highest BCUT2D eigenvalue weighted by molar-refractivity contribution is 5.85. The lowest BCUT2D eigenvalue weighted by Gasteiger charge is -2.69. The van der Waals surface area contributed by atoms with Gasteiger partial charge in [0, 0.05) is 11.8 Å². The topological polar surface area (TPSA) is 37.3 Å². The van der Waals surface area contributed by atoms with Gasteiger partial charge in [-0.15, -0.1) is 0 Å². The van der Waals surface area contributed by atoms with Crippen LogP contribution in [0.2, 0.25) is 0 Å². The van der Waals surface area contributed by atoms with E-state index < -0.39 is 5.60 Å². The number of carbonyl (C=O) groups is 1. The van der Waals surface area contributed by atoms with Crippen molar-refractivity contribution in [3.63, 3.8) is 0 Å². The van der Waals surface area contributed by atoms with Crippen molar-refractivity contribution in [1.82, 2.24) is 0 Å². The average Bonchev–Trinajstić information content (AvgIpc) is 3.04. The van der Waals surface area contributed by atoms with Crippen LogP contribution in [0.5, 0.6) is 0 Å². The van der Waals surface area contributed by atoms with Crippen molar-refractivity contribution in [2.24, 2.45) is 45.3 Å². The summed E-state index contributed by atoms with van der Waals surface area (Å²) < 4.78 is 0. The third kappa shape index (κ3) is 3.32. The van der Waals surface area contributed by atoms with Gasteiger partial charge in [-0.05, 0) is 118 Å². The fraction of sp³-hybridized carbons (Fsp3) is 0.900. The zero-order valence-electron chi connectivity index (χ0n) is 22.3. The summed E-state index contributed by atoms with van der Waals surface area (Å²) in [4.78, 5) is 12.8. The van der Waals surface area contributed by atoms with E-state index in [0.717, 1.165) is 25.7 Å². The highest BCUT2D eigenvalue weighted by Gasteiger charge is 2.69. The van der Waals surface area contributed by atoms with E-state index in [0.29, 0.717) is 40.3 Å². The first-order valence-electron chi connectivity index (χ1n) is 13.6. The van der Waals surface area contributed by atoms with Crippen LogP contribution < -0.4 is 0 Å². The van der Waals surface area contributed by atoms with Crippen LogP contribution in [0.1, 0.15) is 120 Å². The first-order chi connectivity index (χ1) is 14.7. The zero-order valence-corrected chi connectivity index (χ0v) is 22.3. The third-order valence-electron chi connectivity index (χ3n) is 12.1. The largest absolute Gasteiger partial charge is 0.390 e. The maximum atomic E-state index is 12.8. The summed E-state index contributed by atoms with van der Waals surface area (Å²) in [5.41, 5.74) is 1.52. The summed E-state index contributed by atoms with van der Waals surface area (Å²) in [6, 6.07) is 0. The number of carbonyl (C=O) groups excluding carboxylic acids is 1. The number of ketones is 1. The van der Waals surface area contributed by atoms with Gasteiger partial charge in [0.1, 0.15) is 5.78 Å². The van der Waals surface area contributed by atoms with Crippen LogP contribution in [0.25, 0.3) is 0 Å². The Morgan fingerprint density at radius 3 is 2.28 bits per heavy atom. The molecule has 0 aliphatic heterocycles. The van der Waals surface area contributed by atoms with Gasteiger partial charge in [0.05, 0.1) is 5.60 Å². The van der Waals surface area contributed by atoms with E-state index in [4.69, 9.17) is 0 Å². The van der Waals surface area contributed by atoms with E-state index in [9.17, 15) is 9.90 Å². The zero-order chi connectivity index (χ0) is 23.7. The molecule has 0 aromatic carbocycles. The lowest BCUT2D eigenvalue weighted by atomic mass is 9.35. The Hall–Kier alpha value is -0.630. The van der Waals surface area contributed by atoms with Crippen molar-refractivity contribution in [1.29, 1.82) is 0 Å². The molecule has 0 aromatic heterocycles. The molecular formula is C30H50O2. The molecule has 0 saturated heterocycles. The molecule has 0 aromatic rings. The Bertz CT molecular complexity index is 787. The van der Waals surface area contributed by atoms with Crippen molar-refractivity contribution >= 4 is 5.78 Å². The van der Waals surface area contributed by atoms with E-state index in [-0.39, 0.29) is 10.8 Å². The Kier molecular flexibility index (Phi) is 5.89. The molecule has 0 spiro atoms. The number of Topliss-reactive ketones (excluding diaryl/α,β-unsaturated/α-hetero) is 1. The molecule has 0 heterocycles. The third-order valence-corrected chi connectivity index (χ3v) is 12.1. The molecular weight excluding hydrogens is 392 g/mol. The summed E-state index contributed by atoms with van der Waals surface area (Å²) >= 11 is 0. The van der Waals surface area contributed by atoms with Crippen molar-refractivity contribution in [2.45, 2.75) is 125 Å². The van der Waals surface area contributed by atoms with Gasteiger partial charge in [-0.25, -0.2) is 0 Å². The molecule has 8 atom stereocenters. The van der Waals surface area contributed by atoms with Gasteiger partial charge in [0.2, 0.25) is 0 Å². The molecule has 4 aliphatic carbocycles. The lowest BCUT2D eigenvalue weighted by molar-refractivity contribution is -0.207. The molecule has 4 rings (SSSR count). The summed E-state index contributed by atoms with van der Waals surface area (Å²) in [6.07, 6.45) is 13.5. The van der Waals surface area contributed by atoms with Crippen LogP contribution in [0, 0.1) is 45.3 Å². The van der Waals surface area contributed by atoms with Crippen molar-refractivity contribution in [3.8, 4) is 0 Å². The maximum Gasteiger partial charge on any atom is 0.138 e. The number of rotatable bonds is 4. The minimum Gasteiger partial charge on any atom is -0.390 e. The van der Waals surface area contributed by atoms with Gasteiger partial charge in [-0.2, -0.15) is 0 Å². The number of aliphatic hydroxyl groups is 1. The van der Waals surface area contributed by atoms with Crippen LogP contribution in [0.15, 0.2) is 11.6 Å². The molecule has 0 radical (unpaired) electrons. The van der Waals surface area contributed by atoms with E-state index in [2.05, 4.69) is 61.5 Å². The van der Waals surface area contributed by atoms with Gasteiger partial charge >= 0.3 is 0 Å². The standard InChI is InChI=1S/C30H50O2/c1-20(2)10-9-16-30(8,32)22-13-18-28(6)21(22)11-12-24-27(5)17-15-25(31)26(3,4)23(27)14-19-29(24,28)7/h10,21-24,32H,9,11-19H2,1-8H3/t21-,22+,23?,24-,27+,28+,29-,30+/m1/s1. The fourth-order valence-corrected chi connectivity index (χ4v) is 10.1. The molecule has 32 heavy (non-hydrogen) atoms. The summed E-state index contributed by atoms with van der Waals surface area (Å²) in [7, 11) is 0. The lowest BCUT2D eigenvalue weighted by Crippen LogP contribution is -2.63. The van der Waals surface area contributed by atoms with E-state index in [1.165, 1.54) is 44.1 Å². The van der Waals surface area contributed by atoms with Gasteiger partial charge in [0.25, 0.3) is 0 Å². The van der Waals surface area contributed by atoms with E-state index >= 15 is 0 Å². The molecule has 4 aliphatic rings. The second-order valence-electron chi connectivity index (χ2n) is 14.1. The SMILES string of the molecule is CC(C)=CCC[C@](C)(O)[C@H]1CC[C@@]2(C)[C@@H]1CC[C@@H]1[C@@]3(C)CCC(=O)C(C)(C)C3CC[C@]12C. The van der Waals surface area contributed by atoms with Gasteiger partial charge in [-0.1, -0.05) is 46.3 Å². The predicted molar refractivity (Wildman–Crippen MR) is 133 cm³/mol. The van der Waals surface area contributed by atoms with Crippen LogP contribution in [-0.4, -0.2) is 16.5 Å². The second kappa shape index (κ2) is 7.69.